The second kappa shape index (κ2) is 7.84. The number of ether oxygens (including phenoxy) is 1. The molecule has 1 heterocycles. The zero-order chi connectivity index (χ0) is 20.5. The van der Waals surface area contributed by atoms with E-state index in [-0.39, 0.29) is 36.0 Å². The molecule has 0 bridgehead atoms. The van der Waals surface area contributed by atoms with E-state index in [1.165, 1.54) is 4.90 Å². The summed E-state index contributed by atoms with van der Waals surface area (Å²) < 4.78 is 5.55. The molecule has 6 heteroatoms. The van der Waals surface area contributed by atoms with Gasteiger partial charge in [0.1, 0.15) is 5.75 Å². The highest BCUT2D eigenvalue weighted by Gasteiger charge is 2.48. The zero-order valence-electron chi connectivity index (χ0n) is 15.9. The van der Waals surface area contributed by atoms with Gasteiger partial charge in [-0.1, -0.05) is 23.3 Å². The summed E-state index contributed by atoms with van der Waals surface area (Å²) >= 11 is 5.83. The number of hydrogen-bond acceptors (Lipinski definition) is 4. The second-order valence-corrected chi connectivity index (χ2v) is 7.86. The number of amides is 2. The van der Waals surface area contributed by atoms with E-state index in [2.05, 4.69) is 0 Å². The number of carbonyl (C=O) groups is 3. The van der Waals surface area contributed by atoms with Gasteiger partial charge in [-0.2, -0.15) is 0 Å². The van der Waals surface area contributed by atoms with E-state index < -0.39 is 0 Å². The first-order valence-electron chi connectivity index (χ1n) is 9.49. The molecule has 2 amide bonds. The van der Waals surface area contributed by atoms with E-state index in [1.807, 2.05) is 13.0 Å². The van der Waals surface area contributed by atoms with E-state index in [0.717, 1.165) is 5.57 Å². The molecule has 1 aliphatic carbocycles. The van der Waals surface area contributed by atoms with E-state index in [9.17, 15) is 14.4 Å². The van der Waals surface area contributed by atoms with Crippen LogP contribution in [0.25, 0.3) is 0 Å². The highest BCUT2D eigenvalue weighted by atomic mass is 35.5. The number of Topliss-reactive ketones (excluding diaryl/α,β-unsaturated/α-hetero) is 1. The van der Waals surface area contributed by atoms with E-state index in [4.69, 9.17) is 16.3 Å². The normalized spacial score (nSPS) is 21.0. The highest BCUT2D eigenvalue weighted by molar-refractivity contribution is 6.30. The van der Waals surface area contributed by atoms with Crippen LogP contribution < -0.4 is 9.64 Å². The molecular weight excluding hydrogens is 390 g/mol. The summed E-state index contributed by atoms with van der Waals surface area (Å²) in [4.78, 5) is 39.0. The average molecular weight is 410 g/mol. The lowest BCUT2D eigenvalue weighted by molar-refractivity contribution is -0.122. The lowest BCUT2D eigenvalue weighted by Gasteiger charge is -2.18. The van der Waals surface area contributed by atoms with Gasteiger partial charge < -0.3 is 4.74 Å². The number of fused-ring (bicyclic) bond motifs is 1. The van der Waals surface area contributed by atoms with E-state index in [0.29, 0.717) is 34.9 Å². The van der Waals surface area contributed by atoms with Crippen molar-refractivity contribution in [2.24, 2.45) is 11.8 Å². The molecule has 4 rings (SSSR count). The van der Waals surface area contributed by atoms with Crippen molar-refractivity contribution in [3.05, 3.63) is 70.8 Å². The van der Waals surface area contributed by atoms with Crippen molar-refractivity contribution in [1.82, 2.24) is 0 Å². The molecule has 29 heavy (non-hydrogen) atoms. The Kier molecular flexibility index (Phi) is 5.24. The van der Waals surface area contributed by atoms with Crippen LogP contribution in [0.4, 0.5) is 5.69 Å². The van der Waals surface area contributed by atoms with Crippen molar-refractivity contribution in [2.75, 3.05) is 11.5 Å². The largest absolute Gasteiger partial charge is 0.485 e. The number of carbonyl (C=O) groups excluding carboxylic acids is 3. The fraction of sp³-hybridized carbons (Fsp3) is 0.261. The molecule has 1 saturated heterocycles. The van der Waals surface area contributed by atoms with Crippen LogP contribution in [0.5, 0.6) is 5.75 Å². The topological polar surface area (TPSA) is 63.7 Å². The van der Waals surface area contributed by atoms with Gasteiger partial charge in [0.25, 0.3) is 0 Å². The van der Waals surface area contributed by atoms with Crippen molar-refractivity contribution in [2.45, 2.75) is 19.8 Å². The number of halogens is 1. The number of rotatable bonds is 5. The number of hydrogen-bond donors (Lipinski definition) is 0. The van der Waals surface area contributed by atoms with Crippen LogP contribution in [-0.2, 0) is 9.59 Å². The molecule has 2 atom stereocenters. The monoisotopic (exact) mass is 409 g/mol. The van der Waals surface area contributed by atoms with Gasteiger partial charge in [-0.05, 0) is 68.3 Å². The molecule has 148 valence electrons. The predicted octanol–water partition coefficient (Wildman–Crippen LogP) is 4.45. The molecule has 0 N–H and O–H groups in total. The molecule has 1 aliphatic heterocycles. The Morgan fingerprint density at radius 1 is 1.03 bits per heavy atom. The number of imide groups is 1. The number of anilines is 1. The summed E-state index contributed by atoms with van der Waals surface area (Å²) in [5.74, 6) is -0.485. The van der Waals surface area contributed by atoms with Gasteiger partial charge in [-0.25, -0.2) is 0 Å². The minimum Gasteiger partial charge on any atom is -0.485 e. The highest BCUT2D eigenvalue weighted by Crippen LogP contribution is 2.39. The summed E-state index contributed by atoms with van der Waals surface area (Å²) in [6.45, 7) is 1.88. The fourth-order valence-electron chi connectivity index (χ4n) is 3.85. The summed E-state index contributed by atoms with van der Waals surface area (Å²) in [6.07, 6.45) is 3.30. The van der Waals surface area contributed by atoms with Crippen LogP contribution in [0.15, 0.2) is 60.2 Å². The first-order valence-corrected chi connectivity index (χ1v) is 9.87. The van der Waals surface area contributed by atoms with Crippen molar-refractivity contribution in [1.29, 1.82) is 0 Å². The number of ketones is 1. The molecule has 2 aromatic rings. The second-order valence-electron chi connectivity index (χ2n) is 7.43. The van der Waals surface area contributed by atoms with E-state index >= 15 is 0 Å². The molecule has 0 saturated carbocycles. The maximum absolute atomic E-state index is 12.8. The summed E-state index contributed by atoms with van der Waals surface area (Å²) in [6, 6.07) is 13.3. The molecular formula is C23H20ClNO4. The van der Waals surface area contributed by atoms with Crippen molar-refractivity contribution < 1.29 is 19.1 Å². The van der Waals surface area contributed by atoms with Gasteiger partial charge in [0.2, 0.25) is 11.8 Å². The predicted molar refractivity (Wildman–Crippen MR) is 110 cm³/mol. The first kappa shape index (κ1) is 19.4. The molecule has 0 unspecified atom stereocenters. The molecule has 0 radical (unpaired) electrons. The molecule has 1 fully saturated rings. The van der Waals surface area contributed by atoms with Crippen LogP contribution in [0.2, 0.25) is 5.02 Å². The minimum atomic E-state index is -0.265. The molecule has 0 aromatic heterocycles. The summed E-state index contributed by atoms with van der Waals surface area (Å²) in [5.41, 5.74) is 2.21. The lowest BCUT2D eigenvalue weighted by Crippen LogP contribution is -2.30. The standard InChI is InChI=1S/C23H20ClNO4/c1-14-2-11-19-20(12-14)23(28)25(22(19)27)17-7-9-18(10-8-17)29-13-21(26)15-3-5-16(24)6-4-15/h2-10,19-20H,11-13H2,1H3/t19-,20-/m1/s1. The third-order valence-corrected chi connectivity index (χ3v) is 5.71. The van der Waals surface area contributed by atoms with Crippen molar-refractivity contribution >= 4 is 34.9 Å². The molecule has 2 aromatic carbocycles. The summed E-state index contributed by atoms with van der Waals surface area (Å²) in [7, 11) is 0. The van der Waals surface area contributed by atoms with Crippen LogP contribution in [0, 0.1) is 11.8 Å². The van der Waals surface area contributed by atoms with Crippen LogP contribution >= 0.6 is 11.6 Å². The Hall–Kier alpha value is -2.92. The van der Waals surface area contributed by atoms with Gasteiger partial charge >= 0.3 is 0 Å². The maximum atomic E-state index is 12.8. The smallest absolute Gasteiger partial charge is 0.238 e. The maximum Gasteiger partial charge on any atom is 0.238 e. The Bertz CT molecular complexity index is 995. The van der Waals surface area contributed by atoms with Crippen molar-refractivity contribution in [3.63, 3.8) is 0 Å². The van der Waals surface area contributed by atoms with Gasteiger partial charge in [0.05, 0.1) is 17.5 Å². The molecule has 0 spiro atoms. The quantitative estimate of drug-likeness (QED) is 0.416. The Labute approximate surface area is 173 Å². The van der Waals surface area contributed by atoms with Crippen LogP contribution in [-0.4, -0.2) is 24.2 Å². The molecule has 2 aliphatic rings. The Morgan fingerprint density at radius 3 is 2.38 bits per heavy atom. The van der Waals surface area contributed by atoms with E-state index in [1.54, 1.807) is 48.5 Å². The minimum absolute atomic E-state index is 0.113. The third kappa shape index (κ3) is 3.83. The molecule has 5 nitrogen and oxygen atoms in total. The number of allylic oxidation sites excluding steroid dienone is 2. The Morgan fingerprint density at radius 2 is 1.69 bits per heavy atom. The SMILES string of the molecule is CC1=CC[C@H]2C(=O)N(c3ccc(OCC(=O)c4ccc(Cl)cc4)cc3)C(=O)[C@@H]2C1. The van der Waals surface area contributed by atoms with Crippen LogP contribution in [0.3, 0.4) is 0 Å². The van der Waals surface area contributed by atoms with Gasteiger partial charge in [0, 0.05) is 10.6 Å². The van der Waals surface area contributed by atoms with Gasteiger partial charge in [-0.3, -0.25) is 19.3 Å². The Balaban J connectivity index is 1.42. The van der Waals surface area contributed by atoms with Gasteiger partial charge in [-0.15, -0.1) is 0 Å². The lowest BCUT2D eigenvalue weighted by atomic mass is 9.82. The fourth-order valence-corrected chi connectivity index (χ4v) is 3.98. The first-order chi connectivity index (χ1) is 13.9. The number of benzene rings is 2. The zero-order valence-corrected chi connectivity index (χ0v) is 16.7. The van der Waals surface area contributed by atoms with Crippen LogP contribution in [0.1, 0.15) is 30.1 Å². The van der Waals surface area contributed by atoms with Gasteiger partial charge in [0.15, 0.2) is 12.4 Å². The number of nitrogens with zero attached hydrogens (tertiary/aromatic N) is 1. The third-order valence-electron chi connectivity index (χ3n) is 5.45. The van der Waals surface area contributed by atoms with Crippen molar-refractivity contribution in [3.8, 4) is 5.75 Å². The average Bonchev–Trinajstić information content (AvgIpc) is 2.97. The summed E-state index contributed by atoms with van der Waals surface area (Å²) in [5, 5.41) is 0.565.